The zero-order valence-electron chi connectivity index (χ0n) is 5.21. The summed E-state index contributed by atoms with van der Waals surface area (Å²) in [5.74, 6) is 1.33. The Kier molecular flexibility index (Phi) is 1.12. The number of hydrogen-bond acceptors (Lipinski definition) is 1. The fourth-order valence-electron chi connectivity index (χ4n) is 1.16. The van der Waals surface area contributed by atoms with E-state index in [0.717, 1.165) is 0 Å². The quantitative estimate of drug-likeness (QED) is 0.461. The van der Waals surface area contributed by atoms with Crippen molar-refractivity contribution in [1.82, 2.24) is 0 Å². The molecular weight excluding hydrogens is 128 g/mol. The van der Waals surface area contributed by atoms with Crippen LogP contribution >= 0.6 is 11.8 Å². The fraction of sp³-hybridized carbons (Fsp3) is 0.375. The molecule has 1 saturated heterocycles. The van der Waals surface area contributed by atoms with Crippen molar-refractivity contribution in [3.8, 4) is 0 Å². The molecule has 1 heterocycles. The summed E-state index contributed by atoms with van der Waals surface area (Å²) in [5, 5.41) is 0. The zero-order valence-corrected chi connectivity index (χ0v) is 6.03. The summed E-state index contributed by atoms with van der Waals surface area (Å²) >= 11 is 2.03. The third-order valence-electron chi connectivity index (χ3n) is 1.84. The Morgan fingerprint density at radius 1 is 1.33 bits per heavy atom. The van der Waals surface area contributed by atoms with Gasteiger partial charge in [0.1, 0.15) is 4.75 Å². The van der Waals surface area contributed by atoms with Gasteiger partial charge in [-0.2, -0.15) is 0 Å². The van der Waals surface area contributed by atoms with Crippen LogP contribution in [0.25, 0.3) is 0 Å². The highest BCUT2D eigenvalue weighted by molar-refractivity contribution is 8.02. The summed E-state index contributed by atoms with van der Waals surface area (Å²) in [5.41, 5.74) is 0. The lowest BCUT2D eigenvalue weighted by molar-refractivity contribution is 0.778. The second-order valence-corrected chi connectivity index (χ2v) is 3.92. The molecule has 2 rings (SSSR count). The summed E-state index contributed by atoms with van der Waals surface area (Å²) in [6.07, 6.45) is 12.3. The topological polar surface area (TPSA) is 0 Å². The first-order valence-corrected chi connectivity index (χ1v) is 4.24. The molecule has 1 fully saturated rings. The summed E-state index contributed by atoms with van der Waals surface area (Å²) in [6.45, 7) is 0. The van der Waals surface area contributed by atoms with Crippen molar-refractivity contribution in [3.63, 3.8) is 0 Å². The molecule has 0 aromatic heterocycles. The highest BCUT2D eigenvalue weighted by atomic mass is 32.2. The molecule has 0 unspecified atom stereocenters. The van der Waals surface area contributed by atoms with Crippen molar-refractivity contribution >= 4 is 11.8 Å². The predicted molar refractivity (Wildman–Crippen MR) is 42.4 cm³/mol. The SMILES string of the molecule is C1=CC2(C=C[CH+]1)CCS2. The van der Waals surface area contributed by atoms with Gasteiger partial charge < -0.3 is 0 Å². The molecule has 2 aliphatic rings. The van der Waals surface area contributed by atoms with Crippen molar-refractivity contribution in [3.05, 3.63) is 30.7 Å². The monoisotopic (exact) mass is 137 g/mol. The van der Waals surface area contributed by atoms with Gasteiger partial charge >= 0.3 is 0 Å². The van der Waals surface area contributed by atoms with Gasteiger partial charge in [-0.1, -0.05) is 0 Å². The first-order chi connectivity index (χ1) is 4.41. The van der Waals surface area contributed by atoms with Gasteiger partial charge in [0.2, 0.25) is 0 Å². The van der Waals surface area contributed by atoms with E-state index in [1.165, 1.54) is 12.2 Å². The van der Waals surface area contributed by atoms with Gasteiger partial charge in [0.25, 0.3) is 0 Å². The Morgan fingerprint density at radius 2 is 2.00 bits per heavy atom. The molecule has 0 saturated carbocycles. The Labute approximate surface area is 60.0 Å². The van der Waals surface area contributed by atoms with Crippen LogP contribution in [0.15, 0.2) is 24.3 Å². The Hall–Kier alpha value is -0.300. The molecule has 0 aromatic carbocycles. The summed E-state index contributed by atoms with van der Waals surface area (Å²) in [6, 6.07) is 0. The van der Waals surface area contributed by atoms with Gasteiger partial charge in [-0.25, -0.2) is 0 Å². The Balaban J connectivity index is 2.17. The predicted octanol–water partition coefficient (Wildman–Crippen LogP) is 2.19. The minimum atomic E-state index is 0.425. The molecule has 0 N–H and O–H groups in total. The molecule has 0 radical (unpaired) electrons. The smallest absolute Gasteiger partial charge is 0.119 e. The average Bonchev–Trinajstić information content (AvgIpc) is 1.87. The molecule has 46 valence electrons. The molecule has 9 heavy (non-hydrogen) atoms. The maximum absolute atomic E-state index is 2.29. The van der Waals surface area contributed by atoms with Crippen LogP contribution in [0.5, 0.6) is 0 Å². The van der Waals surface area contributed by atoms with Crippen LogP contribution in [0.1, 0.15) is 6.42 Å². The molecule has 0 atom stereocenters. The van der Waals surface area contributed by atoms with Crippen LogP contribution in [0.3, 0.4) is 0 Å². The van der Waals surface area contributed by atoms with Crippen molar-refractivity contribution in [2.45, 2.75) is 11.2 Å². The summed E-state index contributed by atoms with van der Waals surface area (Å²) in [4.78, 5) is 0. The molecule has 0 aromatic rings. The summed E-state index contributed by atoms with van der Waals surface area (Å²) in [7, 11) is 0. The number of hydrogen-bond donors (Lipinski definition) is 0. The third kappa shape index (κ3) is 0.799. The molecule has 1 heteroatoms. The molecule has 0 nitrogen and oxygen atoms in total. The van der Waals surface area contributed by atoms with Crippen LogP contribution < -0.4 is 0 Å². The molecule has 1 aliphatic heterocycles. The van der Waals surface area contributed by atoms with Crippen molar-refractivity contribution in [2.75, 3.05) is 5.75 Å². The van der Waals surface area contributed by atoms with E-state index in [2.05, 4.69) is 30.7 Å². The molecule has 0 bridgehead atoms. The van der Waals surface area contributed by atoms with Crippen LogP contribution in [0, 0.1) is 6.42 Å². The van der Waals surface area contributed by atoms with Gasteiger partial charge in [0, 0.05) is 42.9 Å². The lowest BCUT2D eigenvalue weighted by Gasteiger charge is -2.31. The third-order valence-corrected chi connectivity index (χ3v) is 3.26. The number of thioether (sulfide) groups is 1. The van der Waals surface area contributed by atoms with E-state index in [1.807, 2.05) is 11.8 Å². The van der Waals surface area contributed by atoms with Gasteiger partial charge in [0.15, 0.2) is 0 Å². The molecule has 1 aliphatic carbocycles. The lowest BCUT2D eigenvalue weighted by atomic mass is 9.99. The lowest BCUT2D eigenvalue weighted by Crippen LogP contribution is -2.30. The second-order valence-electron chi connectivity index (χ2n) is 2.46. The van der Waals surface area contributed by atoms with Gasteiger partial charge in [-0.05, 0) is 0 Å². The zero-order chi connectivity index (χ0) is 6.16. The Morgan fingerprint density at radius 3 is 2.33 bits per heavy atom. The normalized spacial score (nSPS) is 27.6. The van der Waals surface area contributed by atoms with Crippen molar-refractivity contribution in [1.29, 1.82) is 0 Å². The van der Waals surface area contributed by atoms with Crippen molar-refractivity contribution in [2.24, 2.45) is 0 Å². The van der Waals surface area contributed by atoms with Gasteiger partial charge in [0.05, 0.1) is 0 Å². The van der Waals surface area contributed by atoms with E-state index in [9.17, 15) is 0 Å². The first-order valence-electron chi connectivity index (χ1n) is 3.26. The van der Waals surface area contributed by atoms with Gasteiger partial charge in [-0.3, -0.25) is 0 Å². The fourth-order valence-corrected chi connectivity index (χ4v) is 2.18. The van der Waals surface area contributed by atoms with E-state index in [-0.39, 0.29) is 0 Å². The minimum absolute atomic E-state index is 0.425. The van der Waals surface area contributed by atoms with Crippen LogP contribution in [-0.2, 0) is 0 Å². The van der Waals surface area contributed by atoms with E-state index < -0.39 is 0 Å². The maximum atomic E-state index is 2.29. The van der Waals surface area contributed by atoms with E-state index in [4.69, 9.17) is 0 Å². The summed E-state index contributed by atoms with van der Waals surface area (Å²) < 4.78 is 0.425. The van der Waals surface area contributed by atoms with Crippen LogP contribution in [0.4, 0.5) is 0 Å². The average molecular weight is 137 g/mol. The highest BCUT2D eigenvalue weighted by Gasteiger charge is 2.39. The minimum Gasteiger partial charge on any atom is -0.119 e. The van der Waals surface area contributed by atoms with E-state index in [1.54, 1.807) is 0 Å². The van der Waals surface area contributed by atoms with E-state index >= 15 is 0 Å². The van der Waals surface area contributed by atoms with E-state index in [0.29, 0.717) is 4.75 Å². The van der Waals surface area contributed by atoms with Crippen molar-refractivity contribution < 1.29 is 0 Å². The number of rotatable bonds is 0. The maximum Gasteiger partial charge on any atom is 0.139 e. The molecule has 0 amide bonds. The van der Waals surface area contributed by atoms with Gasteiger partial charge in [-0.15, -0.1) is 11.8 Å². The molecule has 1 spiro atoms. The molecular formula is C8H9S+. The Bertz CT molecular complexity index is 149. The highest BCUT2D eigenvalue weighted by Crippen LogP contribution is 2.44. The number of allylic oxidation sites excluding steroid dienone is 2. The first kappa shape index (κ1) is 5.48. The van der Waals surface area contributed by atoms with Crippen LogP contribution in [0.2, 0.25) is 0 Å². The standard InChI is InChI=1S/C8H9S/c1-2-4-8(5-3-1)6-7-9-8/h1-5H,6-7H2/q+1. The van der Waals surface area contributed by atoms with Crippen LogP contribution in [-0.4, -0.2) is 10.5 Å². The second kappa shape index (κ2) is 1.84. The largest absolute Gasteiger partial charge is 0.139 e.